The van der Waals surface area contributed by atoms with Crippen LogP contribution in [0.2, 0.25) is 5.02 Å². The van der Waals surface area contributed by atoms with Gasteiger partial charge < -0.3 is 4.90 Å². The summed E-state index contributed by atoms with van der Waals surface area (Å²) in [7, 11) is 1.78. The highest BCUT2D eigenvalue weighted by Crippen LogP contribution is 2.31. The molecule has 3 nitrogen and oxygen atoms in total. The lowest BCUT2D eigenvalue weighted by Crippen LogP contribution is -2.26. The van der Waals surface area contributed by atoms with Crippen LogP contribution in [0, 0.1) is 0 Å². The third-order valence-electron chi connectivity index (χ3n) is 3.37. The van der Waals surface area contributed by atoms with Crippen LogP contribution in [0.4, 0.5) is 11.4 Å². The zero-order chi connectivity index (χ0) is 14.1. The average Bonchev–Trinajstić information content (AvgIpc) is 2.58. The molecule has 4 heteroatoms. The van der Waals surface area contributed by atoms with Crippen molar-refractivity contribution in [2.45, 2.75) is 6.42 Å². The summed E-state index contributed by atoms with van der Waals surface area (Å²) in [5.74, 6) is 0.0312. The lowest BCUT2D eigenvalue weighted by atomic mass is 10.1. The molecule has 1 aliphatic rings. The van der Waals surface area contributed by atoms with Gasteiger partial charge in [-0.15, -0.1) is 0 Å². The number of aliphatic imine (C=N–C) groups is 1. The van der Waals surface area contributed by atoms with Crippen LogP contribution in [-0.2, 0) is 4.79 Å². The molecule has 100 valence electrons. The average molecular weight is 285 g/mol. The van der Waals surface area contributed by atoms with E-state index in [0.29, 0.717) is 5.02 Å². The summed E-state index contributed by atoms with van der Waals surface area (Å²) in [5, 5.41) is 0.673. The van der Waals surface area contributed by atoms with Gasteiger partial charge in [-0.3, -0.25) is 9.79 Å². The number of amides is 1. The molecule has 0 unspecified atom stereocenters. The van der Waals surface area contributed by atoms with Crippen LogP contribution in [0.1, 0.15) is 12.0 Å². The zero-order valence-corrected chi connectivity index (χ0v) is 11.8. The van der Waals surface area contributed by atoms with Gasteiger partial charge in [0.1, 0.15) is 0 Å². The molecule has 1 amide bonds. The molecule has 0 aromatic heterocycles. The largest absolute Gasteiger partial charge is 0.313 e. The van der Waals surface area contributed by atoms with Crippen molar-refractivity contribution < 1.29 is 4.79 Å². The summed E-state index contributed by atoms with van der Waals surface area (Å²) in [6.45, 7) is 0. The number of benzene rings is 2. The molecule has 0 aliphatic carbocycles. The van der Waals surface area contributed by atoms with Gasteiger partial charge in [0, 0.05) is 12.1 Å². The van der Waals surface area contributed by atoms with Crippen molar-refractivity contribution in [2.75, 3.05) is 11.9 Å². The first kappa shape index (κ1) is 12.9. The highest BCUT2D eigenvalue weighted by molar-refractivity contribution is 6.30. The minimum Gasteiger partial charge on any atom is -0.313 e. The van der Waals surface area contributed by atoms with E-state index < -0.39 is 0 Å². The maximum Gasteiger partial charge on any atom is 0.232 e. The van der Waals surface area contributed by atoms with E-state index in [1.807, 2.05) is 48.5 Å². The standard InChI is InChI=1S/C16H13ClN2O/c1-19-15-5-3-2-4-13(15)18-14(10-16(19)20)11-6-8-12(17)9-7-11/h2-9H,10H2,1H3. The van der Waals surface area contributed by atoms with Gasteiger partial charge in [-0.05, 0) is 29.8 Å². The highest BCUT2D eigenvalue weighted by atomic mass is 35.5. The van der Waals surface area contributed by atoms with Crippen molar-refractivity contribution in [3.05, 3.63) is 59.1 Å². The minimum atomic E-state index is 0.0312. The molecule has 0 fully saturated rings. The second-order valence-electron chi connectivity index (χ2n) is 4.68. The predicted molar refractivity (Wildman–Crippen MR) is 82.1 cm³/mol. The molecule has 2 aromatic rings. The topological polar surface area (TPSA) is 32.7 Å². The van der Waals surface area contributed by atoms with Gasteiger partial charge in [0.15, 0.2) is 0 Å². The van der Waals surface area contributed by atoms with Crippen LogP contribution >= 0.6 is 11.6 Å². The van der Waals surface area contributed by atoms with E-state index in [2.05, 4.69) is 4.99 Å². The normalized spacial score (nSPS) is 14.6. The summed E-state index contributed by atoms with van der Waals surface area (Å²) >= 11 is 5.90. The first-order valence-corrected chi connectivity index (χ1v) is 6.72. The fourth-order valence-electron chi connectivity index (χ4n) is 2.23. The summed E-state index contributed by atoms with van der Waals surface area (Å²) in [4.78, 5) is 18.6. The minimum absolute atomic E-state index is 0.0312. The van der Waals surface area contributed by atoms with Gasteiger partial charge in [-0.25, -0.2) is 0 Å². The first-order valence-electron chi connectivity index (χ1n) is 6.34. The summed E-state index contributed by atoms with van der Waals surface area (Å²) in [5.41, 5.74) is 3.34. The van der Waals surface area contributed by atoms with E-state index in [-0.39, 0.29) is 12.3 Å². The number of para-hydroxylation sites is 2. The molecule has 0 saturated carbocycles. The number of hydrogen-bond donors (Lipinski definition) is 0. The fourth-order valence-corrected chi connectivity index (χ4v) is 2.36. The lowest BCUT2D eigenvalue weighted by molar-refractivity contribution is -0.117. The Morgan fingerprint density at radius 1 is 1.10 bits per heavy atom. The van der Waals surface area contributed by atoms with Gasteiger partial charge in [-0.2, -0.15) is 0 Å². The van der Waals surface area contributed by atoms with Crippen LogP contribution in [0.25, 0.3) is 0 Å². The number of carbonyl (C=O) groups excluding carboxylic acids is 1. The van der Waals surface area contributed by atoms with Crippen LogP contribution in [-0.4, -0.2) is 18.7 Å². The SMILES string of the molecule is CN1C(=O)CC(c2ccc(Cl)cc2)=Nc2ccccc21. The van der Waals surface area contributed by atoms with Crippen LogP contribution < -0.4 is 4.90 Å². The summed E-state index contributed by atoms with van der Waals surface area (Å²) in [6, 6.07) is 15.1. The maximum absolute atomic E-state index is 12.2. The van der Waals surface area contributed by atoms with Gasteiger partial charge >= 0.3 is 0 Å². The Bertz CT molecular complexity index is 692. The Labute approximate surface area is 122 Å². The van der Waals surface area contributed by atoms with Crippen molar-refractivity contribution >= 4 is 34.6 Å². The Kier molecular flexibility index (Phi) is 3.28. The molecule has 0 spiro atoms. The third kappa shape index (κ3) is 2.32. The first-order chi connectivity index (χ1) is 9.65. The molecule has 3 rings (SSSR count). The summed E-state index contributed by atoms with van der Waals surface area (Å²) in [6.07, 6.45) is 0.285. The number of rotatable bonds is 1. The van der Waals surface area contributed by atoms with E-state index in [1.165, 1.54) is 0 Å². The summed E-state index contributed by atoms with van der Waals surface area (Å²) < 4.78 is 0. The van der Waals surface area contributed by atoms with E-state index in [9.17, 15) is 4.79 Å². The number of carbonyl (C=O) groups is 1. The van der Waals surface area contributed by atoms with Crippen LogP contribution in [0.3, 0.4) is 0 Å². The second kappa shape index (κ2) is 5.10. The van der Waals surface area contributed by atoms with Crippen molar-refractivity contribution in [3.63, 3.8) is 0 Å². The number of fused-ring (bicyclic) bond motifs is 1. The fraction of sp³-hybridized carbons (Fsp3) is 0.125. The van der Waals surface area contributed by atoms with Gasteiger partial charge in [0.2, 0.25) is 5.91 Å². The molecular formula is C16H13ClN2O. The zero-order valence-electron chi connectivity index (χ0n) is 11.0. The number of nitrogens with zero attached hydrogens (tertiary/aromatic N) is 2. The Balaban J connectivity index is 2.11. The number of halogens is 1. The van der Waals surface area contributed by atoms with Gasteiger partial charge in [0.25, 0.3) is 0 Å². The van der Waals surface area contributed by atoms with E-state index >= 15 is 0 Å². The van der Waals surface area contributed by atoms with Crippen molar-refractivity contribution in [1.82, 2.24) is 0 Å². The Hall–Kier alpha value is -2.13. The molecule has 0 N–H and O–H groups in total. The van der Waals surface area contributed by atoms with Gasteiger partial charge in [0.05, 0.1) is 23.5 Å². The lowest BCUT2D eigenvalue weighted by Gasteiger charge is -2.15. The van der Waals surface area contributed by atoms with Crippen molar-refractivity contribution in [1.29, 1.82) is 0 Å². The number of hydrogen-bond acceptors (Lipinski definition) is 2. The quantitative estimate of drug-likeness (QED) is 0.783. The smallest absolute Gasteiger partial charge is 0.232 e. The molecule has 0 radical (unpaired) electrons. The van der Waals surface area contributed by atoms with Crippen LogP contribution in [0.15, 0.2) is 53.5 Å². The van der Waals surface area contributed by atoms with E-state index in [0.717, 1.165) is 22.6 Å². The molecule has 0 atom stereocenters. The highest BCUT2D eigenvalue weighted by Gasteiger charge is 2.21. The maximum atomic E-state index is 12.2. The van der Waals surface area contributed by atoms with Crippen molar-refractivity contribution in [3.8, 4) is 0 Å². The molecular weight excluding hydrogens is 272 g/mol. The molecule has 20 heavy (non-hydrogen) atoms. The van der Waals surface area contributed by atoms with Crippen molar-refractivity contribution in [2.24, 2.45) is 4.99 Å². The monoisotopic (exact) mass is 284 g/mol. The molecule has 0 saturated heterocycles. The third-order valence-corrected chi connectivity index (χ3v) is 3.62. The Morgan fingerprint density at radius 3 is 2.55 bits per heavy atom. The second-order valence-corrected chi connectivity index (χ2v) is 5.12. The van der Waals surface area contributed by atoms with E-state index in [4.69, 9.17) is 11.6 Å². The molecule has 1 heterocycles. The Morgan fingerprint density at radius 2 is 1.80 bits per heavy atom. The predicted octanol–water partition coefficient (Wildman–Crippen LogP) is 3.83. The van der Waals surface area contributed by atoms with E-state index in [1.54, 1.807) is 11.9 Å². The number of anilines is 1. The molecule has 1 aliphatic heterocycles. The molecule has 0 bridgehead atoms. The molecule has 2 aromatic carbocycles. The van der Waals surface area contributed by atoms with Gasteiger partial charge in [-0.1, -0.05) is 35.9 Å². The van der Waals surface area contributed by atoms with Crippen LogP contribution in [0.5, 0.6) is 0 Å².